The van der Waals surface area contributed by atoms with E-state index in [0.29, 0.717) is 23.3 Å². The van der Waals surface area contributed by atoms with Crippen LogP contribution in [0.1, 0.15) is 35.7 Å². The summed E-state index contributed by atoms with van der Waals surface area (Å²) in [7, 11) is 0. The van der Waals surface area contributed by atoms with Gasteiger partial charge in [0.05, 0.1) is 16.8 Å². The molecule has 0 saturated carbocycles. The molecular formula is C23H27N3O3S. The number of nitrogens with zero attached hydrogens (tertiary/aromatic N) is 2. The molecule has 1 fully saturated rings. The predicted octanol–water partition coefficient (Wildman–Crippen LogP) is 3.28. The lowest BCUT2D eigenvalue weighted by Crippen LogP contribution is -2.40. The van der Waals surface area contributed by atoms with E-state index in [1.165, 1.54) is 24.2 Å². The predicted molar refractivity (Wildman–Crippen MR) is 120 cm³/mol. The average molecular weight is 426 g/mol. The molecule has 0 radical (unpaired) electrons. The van der Waals surface area contributed by atoms with Crippen LogP contribution in [0.2, 0.25) is 0 Å². The van der Waals surface area contributed by atoms with Crippen molar-refractivity contribution >= 4 is 27.5 Å². The molecule has 0 unspecified atom stereocenters. The molecule has 0 atom stereocenters. The molecule has 1 aliphatic heterocycles. The molecule has 4 rings (SSSR count). The van der Waals surface area contributed by atoms with E-state index in [1.807, 2.05) is 41.8 Å². The van der Waals surface area contributed by atoms with Crippen molar-refractivity contribution in [3.8, 4) is 5.75 Å². The summed E-state index contributed by atoms with van der Waals surface area (Å²) >= 11 is 1.33. The van der Waals surface area contributed by atoms with Crippen molar-refractivity contribution in [3.63, 3.8) is 0 Å². The van der Waals surface area contributed by atoms with E-state index in [2.05, 4.69) is 17.1 Å². The fraction of sp³-hybridized carbons (Fsp3) is 0.391. The summed E-state index contributed by atoms with van der Waals surface area (Å²) in [6.45, 7) is 5.88. The van der Waals surface area contributed by atoms with Crippen molar-refractivity contribution in [2.75, 3.05) is 26.2 Å². The van der Waals surface area contributed by atoms with E-state index in [-0.39, 0.29) is 11.3 Å². The molecule has 6 nitrogen and oxygen atoms in total. The number of hydrogen-bond acceptors (Lipinski definition) is 5. The molecule has 1 amide bonds. The van der Waals surface area contributed by atoms with Crippen LogP contribution in [0.3, 0.4) is 0 Å². The Labute approximate surface area is 179 Å². The van der Waals surface area contributed by atoms with Crippen LogP contribution in [-0.2, 0) is 6.54 Å². The van der Waals surface area contributed by atoms with Gasteiger partial charge in [-0.3, -0.25) is 9.59 Å². The van der Waals surface area contributed by atoms with Crippen molar-refractivity contribution in [2.45, 2.75) is 26.3 Å². The highest BCUT2D eigenvalue weighted by atomic mass is 32.1. The van der Waals surface area contributed by atoms with Gasteiger partial charge in [0.2, 0.25) is 0 Å². The quantitative estimate of drug-likeness (QED) is 0.636. The van der Waals surface area contributed by atoms with E-state index < -0.39 is 11.5 Å². The second-order valence-corrected chi connectivity index (χ2v) is 8.93. The normalized spacial score (nSPS) is 15.5. The first-order valence-corrected chi connectivity index (χ1v) is 11.3. The molecule has 2 N–H and O–H groups in total. The Hall–Kier alpha value is -2.64. The zero-order valence-electron chi connectivity index (χ0n) is 17.1. The van der Waals surface area contributed by atoms with E-state index in [9.17, 15) is 14.7 Å². The molecule has 0 bridgehead atoms. The lowest BCUT2D eigenvalue weighted by molar-refractivity contribution is 0.0940. The number of piperidine rings is 1. The SMILES string of the molecule is CC1CCN(CCNC(=O)c2c(O)c3sccc3n(Cc3ccccc3)c2=O)CC1. The van der Waals surface area contributed by atoms with Crippen molar-refractivity contribution in [2.24, 2.45) is 5.92 Å². The number of nitrogens with one attached hydrogen (secondary N) is 1. The summed E-state index contributed by atoms with van der Waals surface area (Å²) in [5.74, 6) is 0.0204. The van der Waals surface area contributed by atoms with Gasteiger partial charge in [0.25, 0.3) is 11.5 Å². The third-order valence-corrected chi connectivity index (χ3v) is 6.76. The molecule has 1 saturated heterocycles. The fourth-order valence-electron chi connectivity index (χ4n) is 3.98. The Bertz CT molecular complexity index is 1080. The molecule has 3 aromatic rings. The molecular weight excluding hydrogens is 398 g/mol. The summed E-state index contributed by atoms with van der Waals surface area (Å²) in [6, 6.07) is 11.4. The molecule has 1 aliphatic rings. The summed E-state index contributed by atoms with van der Waals surface area (Å²) in [5.41, 5.74) is 0.966. The zero-order chi connectivity index (χ0) is 21.1. The average Bonchev–Trinajstić information content (AvgIpc) is 3.24. The minimum absolute atomic E-state index is 0.173. The van der Waals surface area contributed by atoms with Gasteiger partial charge in [-0.25, -0.2) is 0 Å². The van der Waals surface area contributed by atoms with Crippen molar-refractivity contribution in [3.05, 3.63) is 63.3 Å². The number of aromatic hydroxyl groups is 1. The number of pyridine rings is 1. The van der Waals surface area contributed by atoms with Gasteiger partial charge < -0.3 is 19.9 Å². The van der Waals surface area contributed by atoms with Crippen molar-refractivity contribution in [1.29, 1.82) is 0 Å². The van der Waals surface area contributed by atoms with Crippen LogP contribution >= 0.6 is 11.3 Å². The Balaban J connectivity index is 1.55. The van der Waals surface area contributed by atoms with Gasteiger partial charge >= 0.3 is 0 Å². The van der Waals surface area contributed by atoms with Crippen LogP contribution < -0.4 is 10.9 Å². The van der Waals surface area contributed by atoms with Crippen LogP contribution in [0.25, 0.3) is 10.2 Å². The number of likely N-dealkylation sites (tertiary alicyclic amines) is 1. The first-order chi connectivity index (χ1) is 14.5. The lowest BCUT2D eigenvalue weighted by atomic mass is 9.99. The highest BCUT2D eigenvalue weighted by molar-refractivity contribution is 7.17. The molecule has 0 aliphatic carbocycles. The number of hydrogen-bond donors (Lipinski definition) is 2. The van der Waals surface area contributed by atoms with Crippen LogP contribution in [0.4, 0.5) is 0 Å². The van der Waals surface area contributed by atoms with Crippen LogP contribution in [0.5, 0.6) is 5.75 Å². The Morgan fingerprint density at radius 2 is 1.93 bits per heavy atom. The number of carbonyl (C=O) groups is 1. The van der Waals surface area contributed by atoms with Gasteiger partial charge in [-0.15, -0.1) is 11.3 Å². The maximum Gasteiger partial charge on any atom is 0.268 e. The minimum atomic E-state index is -0.514. The van der Waals surface area contributed by atoms with Gasteiger partial charge in [0.1, 0.15) is 5.56 Å². The van der Waals surface area contributed by atoms with Crippen LogP contribution in [0, 0.1) is 5.92 Å². The summed E-state index contributed by atoms with van der Waals surface area (Å²) in [5, 5.41) is 15.3. The first kappa shape index (κ1) is 20.6. The first-order valence-electron chi connectivity index (χ1n) is 10.4. The number of rotatable bonds is 6. The Morgan fingerprint density at radius 3 is 2.67 bits per heavy atom. The highest BCUT2D eigenvalue weighted by Gasteiger charge is 2.23. The van der Waals surface area contributed by atoms with Crippen molar-refractivity contribution < 1.29 is 9.90 Å². The van der Waals surface area contributed by atoms with E-state index >= 15 is 0 Å². The number of fused-ring (bicyclic) bond motifs is 1. The van der Waals surface area contributed by atoms with Crippen molar-refractivity contribution in [1.82, 2.24) is 14.8 Å². The maximum atomic E-state index is 13.2. The largest absolute Gasteiger partial charge is 0.505 e. The topological polar surface area (TPSA) is 74.6 Å². The Kier molecular flexibility index (Phi) is 6.20. The van der Waals surface area contributed by atoms with Gasteiger partial charge in [0, 0.05) is 13.1 Å². The summed E-state index contributed by atoms with van der Waals surface area (Å²) in [6.07, 6.45) is 2.35. The second-order valence-electron chi connectivity index (χ2n) is 8.02. The number of thiophene rings is 1. The Morgan fingerprint density at radius 1 is 1.20 bits per heavy atom. The number of aromatic nitrogens is 1. The third-order valence-electron chi connectivity index (χ3n) is 5.85. The number of benzene rings is 1. The summed E-state index contributed by atoms with van der Waals surface area (Å²) < 4.78 is 2.13. The third kappa shape index (κ3) is 4.27. The standard InChI is InChI=1S/C23H27N3O3S/c1-16-7-11-25(12-8-16)13-10-24-22(28)19-20(27)21-18(9-14-30-21)26(23(19)29)15-17-5-3-2-4-6-17/h2-6,9,14,16,27H,7-8,10-13,15H2,1H3,(H,24,28). The monoisotopic (exact) mass is 425 g/mol. The van der Waals surface area contributed by atoms with Crippen LogP contribution in [-0.4, -0.2) is 46.7 Å². The van der Waals surface area contributed by atoms with Gasteiger partial charge in [-0.2, -0.15) is 0 Å². The lowest BCUT2D eigenvalue weighted by Gasteiger charge is -2.30. The molecule has 7 heteroatoms. The summed E-state index contributed by atoms with van der Waals surface area (Å²) in [4.78, 5) is 28.4. The minimum Gasteiger partial charge on any atom is -0.505 e. The highest BCUT2D eigenvalue weighted by Crippen LogP contribution is 2.31. The maximum absolute atomic E-state index is 13.2. The molecule has 0 spiro atoms. The zero-order valence-corrected chi connectivity index (χ0v) is 18.0. The molecule has 158 valence electrons. The fourth-order valence-corrected chi connectivity index (χ4v) is 4.83. The smallest absolute Gasteiger partial charge is 0.268 e. The number of amides is 1. The number of carbonyl (C=O) groups excluding carboxylic acids is 1. The molecule has 3 heterocycles. The van der Waals surface area contributed by atoms with Gasteiger partial charge in [0.15, 0.2) is 5.75 Å². The van der Waals surface area contributed by atoms with Gasteiger partial charge in [-0.1, -0.05) is 37.3 Å². The second kappa shape index (κ2) is 9.02. The van der Waals surface area contributed by atoms with E-state index in [1.54, 1.807) is 4.57 Å². The van der Waals surface area contributed by atoms with E-state index in [4.69, 9.17) is 0 Å². The van der Waals surface area contributed by atoms with Gasteiger partial charge in [-0.05, 0) is 48.9 Å². The van der Waals surface area contributed by atoms with E-state index in [0.717, 1.165) is 31.1 Å². The molecule has 2 aromatic heterocycles. The molecule has 30 heavy (non-hydrogen) atoms. The molecule has 1 aromatic carbocycles. The van der Waals surface area contributed by atoms with Crippen LogP contribution in [0.15, 0.2) is 46.6 Å².